The third-order valence-corrected chi connectivity index (χ3v) is 3.58. The number of hydrogen-bond acceptors (Lipinski definition) is 3. The molecule has 1 aromatic carbocycles. The van der Waals surface area contributed by atoms with Crippen molar-refractivity contribution in [1.82, 2.24) is 14.8 Å². The zero-order chi connectivity index (χ0) is 13.2. The van der Waals surface area contributed by atoms with E-state index in [2.05, 4.69) is 22.0 Å². The van der Waals surface area contributed by atoms with Crippen molar-refractivity contribution in [3.8, 4) is 0 Å². The molecule has 1 aliphatic rings. The van der Waals surface area contributed by atoms with Crippen LogP contribution in [0.3, 0.4) is 0 Å². The lowest BCUT2D eigenvalue weighted by atomic mass is 10.2. The minimum atomic E-state index is 0.187. The van der Waals surface area contributed by atoms with Gasteiger partial charge in [-0.2, -0.15) is 0 Å². The van der Waals surface area contributed by atoms with Gasteiger partial charge in [-0.05, 0) is 12.1 Å². The Morgan fingerprint density at radius 3 is 2.84 bits per heavy atom. The first kappa shape index (κ1) is 12.1. The summed E-state index contributed by atoms with van der Waals surface area (Å²) in [7, 11) is 1.86. The van der Waals surface area contributed by atoms with Gasteiger partial charge in [0.2, 0.25) is 5.91 Å². The van der Waals surface area contributed by atoms with Gasteiger partial charge >= 0.3 is 0 Å². The summed E-state index contributed by atoms with van der Waals surface area (Å²) in [6, 6.07) is 12.2. The molecule has 19 heavy (non-hydrogen) atoms. The molecule has 1 fully saturated rings. The number of benzene rings is 1. The summed E-state index contributed by atoms with van der Waals surface area (Å²) in [5.74, 6) is 0.187. The van der Waals surface area contributed by atoms with Crippen LogP contribution < -0.4 is 0 Å². The summed E-state index contributed by atoms with van der Waals surface area (Å²) >= 11 is 0. The van der Waals surface area contributed by atoms with Crippen LogP contribution in [0, 0.1) is 0 Å². The van der Waals surface area contributed by atoms with E-state index in [0.717, 1.165) is 36.2 Å². The number of nitrogens with zero attached hydrogens (tertiary/aromatic N) is 3. The van der Waals surface area contributed by atoms with Crippen molar-refractivity contribution in [2.45, 2.75) is 6.54 Å². The van der Waals surface area contributed by atoms with E-state index in [1.165, 1.54) is 0 Å². The number of fused-ring (bicyclic) bond motifs is 1. The van der Waals surface area contributed by atoms with Gasteiger partial charge in [0.15, 0.2) is 0 Å². The van der Waals surface area contributed by atoms with Gasteiger partial charge in [-0.3, -0.25) is 14.7 Å². The number of pyridine rings is 1. The Morgan fingerprint density at radius 2 is 2.00 bits per heavy atom. The molecule has 98 valence electrons. The zero-order valence-corrected chi connectivity index (χ0v) is 11.0. The summed E-state index contributed by atoms with van der Waals surface area (Å²) in [5, 5.41) is 1.15. The van der Waals surface area contributed by atoms with Gasteiger partial charge in [0.1, 0.15) is 0 Å². The molecule has 4 heteroatoms. The molecule has 0 saturated carbocycles. The smallest absolute Gasteiger partial charge is 0.236 e. The molecule has 0 radical (unpaired) electrons. The van der Waals surface area contributed by atoms with E-state index in [1.54, 1.807) is 4.90 Å². The van der Waals surface area contributed by atoms with Crippen LogP contribution in [0.5, 0.6) is 0 Å². The summed E-state index contributed by atoms with van der Waals surface area (Å²) in [5.41, 5.74) is 2.04. The largest absolute Gasteiger partial charge is 0.343 e. The van der Waals surface area contributed by atoms with E-state index in [0.29, 0.717) is 6.54 Å². The van der Waals surface area contributed by atoms with Crippen molar-refractivity contribution < 1.29 is 4.79 Å². The number of para-hydroxylation sites is 1. The van der Waals surface area contributed by atoms with Crippen molar-refractivity contribution in [2.75, 3.05) is 26.7 Å². The van der Waals surface area contributed by atoms with E-state index >= 15 is 0 Å². The fourth-order valence-electron chi connectivity index (χ4n) is 2.37. The van der Waals surface area contributed by atoms with E-state index in [-0.39, 0.29) is 5.91 Å². The molecule has 1 saturated heterocycles. The van der Waals surface area contributed by atoms with Gasteiger partial charge in [0, 0.05) is 32.1 Å². The molecular formula is C15H17N3O. The summed E-state index contributed by atoms with van der Waals surface area (Å²) < 4.78 is 0. The fourth-order valence-corrected chi connectivity index (χ4v) is 2.37. The number of hydrogen-bond donors (Lipinski definition) is 0. The Hall–Kier alpha value is -1.94. The second-order valence-electron chi connectivity index (χ2n) is 5.02. The van der Waals surface area contributed by atoms with Gasteiger partial charge in [-0.25, -0.2) is 0 Å². The molecule has 0 N–H and O–H groups in total. The fraction of sp³-hybridized carbons (Fsp3) is 0.333. The lowest BCUT2D eigenvalue weighted by molar-refractivity contribution is -0.134. The quantitative estimate of drug-likeness (QED) is 0.816. The zero-order valence-electron chi connectivity index (χ0n) is 11.0. The standard InChI is InChI=1S/C15H17N3O/c1-17-8-9-18(11-15(17)19)10-13-7-6-12-4-2-3-5-14(12)16-13/h2-7H,8-11H2,1H3. The summed E-state index contributed by atoms with van der Waals surface area (Å²) in [6.07, 6.45) is 0. The van der Waals surface area contributed by atoms with E-state index in [4.69, 9.17) is 0 Å². The molecule has 1 aliphatic heterocycles. The molecule has 4 nitrogen and oxygen atoms in total. The molecule has 2 heterocycles. The molecule has 0 spiro atoms. The minimum Gasteiger partial charge on any atom is -0.343 e. The van der Waals surface area contributed by atoms with Crippen molar-refractivity contribution in [2.24, 2.45) is 0 Å². The maximum Gasteiger partial charge on any atom is 0.236 e. The Labute approximate surface area is 112 Å². The predicted octanol–water partition coefficient (Wildman–Crippen LogP) is 1.51. The maximum atomic E-state index is 11.7. The highest BCUT2D eigenvalue weighted by Gasteiger charge is 2.21. The summed E-state index contributed by atoms with van der Waals surface area (Å²) in [4.78, 5) is 20.3. The van der Waals surface area contributed by atoms with Crippen molar-refractivity contribution in [3.63, 3.8) is 0 Å². The molecule has 0 atom stereocenters. The topological polar surface area (TPSA) is 36.4 Å². The number of rotatable bonds is 2. The highest BCUT2D eigenvalue weighted by atomic mass is 16.2. The number of piperazine rings is 1. The van der Waals surface area contributed by atoms with Crippen LogP contribution in [0.25, 0.3) is 10.9 Å². The molecule has 1 aromatic heterocycles. The van der Waals surface area contributed by atoms with Gasteiger partial charge in [-0.15, -0.1) is 0 Å². The van der Waals surface area contributed by atoms with Crippen LogP contribution in [-0.2, 0) is 11.3 Å². The average Bonchev–Trinajstić information content (AvgIpc) is 2.43. The molecular weight excluding hydrogens is 238 g/mol. The maximum absolute atomic E-state index is 11.7. The number of aromatic nitrogens is 1. The molecule has 1 amide bonds. The number of likely N-dealkylation sites (N-methyl/N-ethyl adjacent to an activating group) is 1. The number of carbonyl (C=O) groups is 1. The first-order chi connectivity index (χ1) is 9.22. The van der Waals surface area contributed by atoms with E-state index < -0.39 is 0 Å². The normalized spacial score (nSPS) is 17.1. The lowest BCUT2D eigenvalue weighted by Gasteiger charge is -2.31. The van der Waals surface area contributed by atoms with Gasteiger partial charge in [0.25, 0.3) is 0 Å². The van der Waals surface area contributed by atoms with E-state index in [1.807, 2.05) is 31.3 Å². The van der Waals surface area contributed by atoms with Gasteiger partial charge in [-0.1, -0.05) is 24.3 Å². The second-order valence-corrected chi connectivity index (χ2v) is 5.02. The van der Waals surface area contributed by atoms with Crippen LogP contribution >= 0.6 is 0 Å². The van der Waals surface area contributed by atoms with Crippen molar-refractivity contribution in [3.05, 3.63) is 42.1 Å². The molecule has 0 unspecified atom stereocenters. The summed E-state index contributed by atoms with van der Waals surface area (Å²) in [6.45, 7) is 2.94. The van der Waals surface area contributed by atoms with E-state index in [9.17, 15) is 4.79 Å². The van der Waals surface area contributed by atoms with Crippen LogP contribution in [0.4, 0.5) is 0 Å². The molecule has 3 rings (SSSR count). The first-order valence-electron chi connectivity index (χ1n) is 6.53. The average molecular weight is 255 g/mol. The van der Waals surface area contributed by atoms with Crippen molar-refractivity contribution in [1.29, 1.82) is 0 Å². The highest BCUT2D eigenvalue weighted by Crippen LogP contribution is 2.13. The van der Waals surface area contributed by atoms with Crippen LogP contribution in [0.1, 0.15) is 5.69 Å². The van der Waals surface area contributed by atoms with Gasteiger partial charge < -0.3 is 4.90 Å². The Bertz CT molecular complexity index is 611. The number of amides is 1. The second kappa shape index (κ2) is 4.97. The minimum absolute atomic E-state index is 0.187. The predicted molar refractivity (Wildman–Crippen MR) is 74.7 cm³/mol. The molecule has 0 bridgehead atoms. The van der Waals surface area contributed by atoms with Crippen LogP contribution in [0.15, 0.2) is 36.4 Å². The molecule has 0 aliphatic carbocycles. The monoisotopic (exact) mass is 255 g/mol. The third kappa shape index (κ3) is 2.58. The van der Waals surface area contributed by atoms with Crippen LogP contribution in [-0.4, -0.2) is 47.4 Å². The Morgan fingerprint density at radius 1 is 1.16 bits per heavy atom. The Kier molecular flexibility index (Phi) is 3.17. The molecule has 2 aromatic rings. The highest BCUT2D eigenvalue weighted by molar-refractivity contribution is 5.79. The first-order valence-corrected chi connectivity index (χ1v) is 6.53. The number of carbonyl (C=O) groups excluding carboxylic acids is 1. The lowest BCUT2D eigenvalue weighted by Crippen LogP contribution is -2.48. The third-order valence-electron chi connectivity index (χ3n) is 3.58. The van der Waals surface area contributed by atoms with Crippen LogP contribution in [0.2, 0.25) is 0 Å². The SMILES string of the molecule is CN1CCN(Cc2ccc3ccccc3n2)CC1=O. The van der Waals surface area contributed by atoms with Crippen molar-refractivity contribution >= 4 is 16.8 Å². The Balaban J connectivity index is 1.76. The van der Waals surface area contributed by atoms with Gasteiger partial charge in [0.05, 0.1) is 17.8 Å².